The highest BCUT2D eigenvalue weighted by Gasteiger charge is 2.10. The molecule has 4 heteroatoms. The molecular formula is C11H16ClNO2. The lowest BCUT2D eigenvalue weighted by Crippen LogP contribution is -2.31. The molecule has 0 saturated heterocycles. The molecule has 0 saturated carbocycles. The summed E-state index contributed by atoms with van der Waals surface area (Å²) in [6, 6.07) is 7.62. The molecule has 0 spiro atoms. The Labute approximate surface area is 94.7 Å². The molecule has 0 bridgehead atoms. The first-order valence-corrected chi connectivity index (χ1v) is 5.29. The summed E-state index contributed by atoms with van der Waals surface area (Å²) in [5.74, 6) is 0. The average Bonchev–Trinajstić information content (AvgIpc) is 2.26. The first-order chi connectivity index (χ1) is 7.15. The molecule has 0 amide bonds. The van der Waals surface area contributed by atoms with Crippen LogP contribution in [0, 0.1) is 0 Å². The second-order valence-corrected chi connectivity index (χ2v) is 3.90. The van der Waals surface area contributed by atoms with Gasteiger partial charge in [-0.3, -0.25) is 0 Å². The number of hydrogen-bond acceptors (Lipinski definition) is 3. The van der Waals surface area contributed by atoms with Gasteiger partial charge in [0.05, 0.1) is 12.7 Å². The Kier molecular flexibility index (Phi) is 5.05. The molecule has 1 aromatic rings. The fourth-order valence-corrected chi connectivity index (χ4v) is 1.61. The number of nitrogens with one attached hydrogen (secondary N) is 1. The number of hydrogen-bond donors (Lipinski definition) is 3. The predicted octanol–water partition coefficient (Wildman–Crippen LogP) is 1.34. The first kappa shape index (κ1) is 12.5. The Bertz CT molecular complexity index is 306. The molecule has 0 radical (unpaired) electrons. The zero-order chi connectivity index (χ0) is 11.3. The van der Waals surface area contributed by atoms with Gasteiger partial charge >= 0.3 is 0 Å². The summed E-state index contributed by atoms with van der Waals surface area (Å²) in [4.78, 5) is 0. The van der Waals surface area contributed by atoms with Gasteiger partial charge in [0.15, 0.2) is 0 Å². The van der Waals surface area contributed by atoms with Crippen LogP contribution in [0.2, 0.25) is 5.02 Å². The second-order valence-electron chi connectivity index (χ2n) is 3.49. The normalized spacial score (nSPS) is 14.9. The van der Waals surface area contributed by atoms with Gasteiger partial charge in [0, 0.05) is 17.6 Å². The van der Waals surface area contributed by atoms with Crippen molar-refractivity contribution in [2.24, 2.45) is 0 Å². The fraction of sp³-hybridized carbons (Fsp3) is 0.455. The van der Waals surface area contributed by atoms with E-state index in [1.807, 2.05) is 31.2 Å². The standard InChI is InChI=1S/C11H16ClNO2/c1-8(13-6-9(15)7-14)10-4-2-3-5-11(10)12/h2-5,8-9,13-15H,6-7H2,1H3/t8-,9?/m0/s1. The van der Waals surface area contributed by atoms with Crippen molar-refractivity contribution < 1.29 is 10.2 Å². The third-order valence-electron chi connectivity index (χ3n) is 2.24. The lowest BCUT2D eigenvalue weighted by molar-refractivity contribution is 0.0924. The topological polar surface area (TPSA) is 52.5 Å². The van der Waals surface area contributed by atoms with E-state index >= 15 is 0 Å². The summed E-state index contributed by atoms with van der Waals surface area (Å²) in [7, 11) is 0. The molecule has 3 N–H and O–H groups in total. The lowest BCUT2D eigenvalue weighted by Gasteiger charge is -2.17. The maximum atomic E-state index is 9.18. The lowest BCUT2D eigenvalue weighted by atomic mass is 10.1. The minimum Gasteiger partial charge on any atom is -0.394 e. The van der Waals surface area contributed by atoms with Gasteiger partial charge < -0.3 is 15.5 Å². The average molecular weight is 230 g/mol. The van der Waals surface area contributed by atoms with Crippen LogP contribution in [0.4, 0.5) is 0 Å². The van der Waals surface area contributed by atoms with Crippen molar-refractivity contribution in [2.45, 2.75) is 19.1 Å². The predicted molar refractivity (Wildman–Crippen MR) is 61.0 cm³/mol. The van der Waals surface area contributed by atoms with Crippen molar-refractivity contribution in [2.75, 3.05) is 13.2 Å². The summed E-state index contributed by atoms with van der Waals surface area (Å²) in [6.45, 7) is 2.08. The van der Waals surface area contributed by atoms with Crippen LogP contribution in [0.1, 0.15) is 18.5 Å². The molecule has 0 aliphatic carbocycles. The highest BCUT2D eigenvalue weighted by Crippen LogP contribution is 2.21. The van der Waals surface area contributed by atoms with Crippen LogP contribution in [-0.2, 0) is 0 Å². The molecule has 0 fully saturated rings. The largest absolute Gasteiger partial charge is 0.394 e. The zero-order valence-corrected chi connectivity index (χ0v) is 9.41. The number of aliphatic hydroxyl groups excluding tert-OH is 2. The Morgan fingerprint density at radius 2 is 2.07 bits per heavy atom. The molecule has 1 aromatic carbocycles. The molecule has 84 valence electrons. The molecule has 3 nitrogen and oxygen atoms in total. The van der Waals surface area contributed by atoms with Crippen molar-refractivity contribution in [1.29, 1.82) is 0 Å². The van der Waals surface area contributed by atoms with E-state index < -0.39 is 6.10 Å². The van der Waals surface area contributed by atoms with Crippen molar-refractivity contribution in [3.05, 3.63) is 34.9 Å². The van der Waals surface area contributed by atoms with Gasteiger partial charge in [-0.1, -0.05) is 29.8 Å². The zero-order valence-electron chi connectivity index (χ0n) is 8.65. The van der Waals surface area contributed by atoms with E-state index in [1.165, 1.54) is 0 Å². The van der Waals surface area contributed by atoms with Gasteiger partial charge in [0.25, 0.3) is 0 Å². The smallest absolute Gasteiger partial charge is 0.0895 e. The summed E-state index contributed by atoms with van der Waals surface area (Å²) in [6.07, 6.45) is -0.727. The van der Waals surface area contributed by atoms with Gasteiger partial charge in [-0.15, -0.1) is 0 Å². The van der Waals surface area contributed by atoms with Crippen molar-refractivity contribution in [3.8, 4) is 0 Å². The van der Waals surface area contributed by atoms with E-state index in [9.17, 15) is 5.11 Å². The Morgan fingerprint density at radius 3 is 2.67 bits per heavy atom. The van der Waals surface area contributed by atoms with E-state index in [2.05, 4.69) is 5.32 Å². The molecule has 0 aliphatic heterocycles. The minimum atomic E-state index is -0.727. The number of halogens is 1. The van der Waals surface area contributed by atoms with Crippen LogP contribution in [0.5, 0.6) is 0 Å². The molecule has 0 aliphatic rings. The van der Waals surface area contributed by atoms with E-state index in [0.717, 1.165) is 5.56 Å². The van der Waals surface area contributed by atoms with Gasteiger partial charge in [-0.25, -0.2) is 0 Å². The maximum absolute atomic E-state index is 9.18. The van der Waals surface area contributed by atoms with Crippen molar-refractivity contribution in [1.82, 2.24) is 5.32 Å². The van der Waals surface area contributed by atoms with Gasteiger partial charge in [-0.05, 0) is 18.6 Å². The minimum absolute atomic E-state index is 0.0555. The van der Waals surface area contributed by atoms with Gasteiger partial charge in [0.2, 0.25) is 0 Å². The van der Waals surface area contributed by atoms with Crippen LogP contribution >= 0.6 is 11.6 Å². The Morgan fingerprint density at radius 1 is 1.40 bits per heavy atom. The van der Waals surface area contributed by atoms with Crippen LogP contribution in [-0.4, -0.2) is 29.5 Å². The quantitative estimate of drug-likeness (QED) is 0.715. The molecule has 1 rings (SSSR count). The molecule has 15 heavy (non-hydrogen) atoms. The van der Waals surface area contributed by atoms with Crippen molar-refractivity contribution in [3.63, 3.8) is 0 Å². The Balaban J connectivity index is 2.54. The summed E-state index contributed by atoms with van der Waals surface area (Å²) >= 11 is 6.02. The van der Waals surface area contributed by atoms with Gasteiger partial charge in [-0.2, -0.15) is 0 Å². The number of aliphatic hydroxyl groups is 2. The van der Waals surface area contributed by atoms with E-state index in [-0.39, 0.29) is 12.6 Å². The van der Waals surface area contributed by atoms with Crippen LogP contribution in [0.3, 0.4) is 0 Å². The molecular weight excluding hydrogens is 214 g/mol. The Hall–Kier alpha value is -0.610. The fourth-order valence-electron chi connectivity index (χ4n) is 1.31. The third-order valence-corrected chi connectivity index (χ3v) is 2.59. The van der Waals surface area contributed by atoms with Crippen molar-refractivity contribution >= 4 is 11.6 Å². The highest BCUT2D eigenvalue weighted by atomic mass is 35.5. The van der Waals surface area contributed by atoms with Crippen LogP contribution < -0.4 is 5.32 Å². The number of rotatable bonds is 5. The van der Waals surface area contributed by atoms with E-state index in [4.69, 9.17) is 16.7 Å². The third kappa shape index (κ3) is 3.80. The second kappa shape index (κ2) is 6.08. The summed E-state index contributed by atoms with van der Waals surface area (Å²) in [5.41, 5.74) is 0.990. The summed E-state index contributed by atoms with van der Waals surface area (Å²) < 4.78 is 0. The summed E-state index contributed by atoms with van der Waals surface area (Å²) in [5, 5.41) is 21.6. The van der Waals surface area contributed by atoms with Crippen LogP contribution in [0.15, 0.2) is 24.3 Å². The number of benzene rings is 1. The molecule has 0 aromatic heterocycles. The molecule has 2 atom stereocenters. The molecule has 0 heterocycles. The van der Waals surface area contributed by atoms with E-state index in [0.29, 0.717) is 11.6 Å². The molecule has 1 unspecified atom stereocenters. The maximum Gasteiger partial charge on any atom is 0.0895 e. The highest BCUT2D eigenvalue weighted by molar-refractivity contribution is 6.31. The monoisotopic (exact) mass is 229 g/mol. The van der Waals surface area contributed by atoms with Crippen LogP contribution in [0.25, 0.3) is 0 Å². The SMILES string of the molecule is C[C@H](NCC(O)CO)c1ccccc1Cl. The first-order valence-electron chi connectivity index (χ1n) is 4.92. The van der Waals surface area contributed by atoms with Gasteiger partial charge in [0.1, 0.15) is 0 Å². The van der Waals surface area contributed by atoms with E-state index in [1.54, 1.807) is 0 Å².